The molecule has 0 saturated carbocycles. The number of ether oxygens (including phenoxy) is 2. The maximum Gasteiger partial charge on any atom is 0.230 e. The van der Waals surface area contributed by atoms with Crippen molar-refractivity contribution in [3.63, 3.8) is 0 Å². The van der Waals surface area contributed by atoms with Crippen molar-refractivity contribution in [3.8, 4) is 17.5 Å². The molecule has 0 bridgehead atoms. The Hall–Kier alpha value is -3.15. The number of benzene rings is 1. The molecule has 0 aliphatic rings. The monoisotopic (exact) mass is 294 g/mol. The van der Waals surface area contributed by atoms with Crippen LogP contribution in [0.25, 0.3) is 0 Å². The van der Waals surface area contributed by atoms with Crippen LogP contribution >= 0.6 is 0 Å². The molecule has 1 N–H and O–H groups in total. The van der Waals surface area contributed by atoms with Gasteiger partial charge in [0.15, 0.2) is 0 Å². The van der Waals surface area contributed by atoms with Gasteiger partial charge in [-0.05, 0) is 18.2 Å². The highest BCUT2D eigenvalue weighted by molar-refractivity contribution is 5.56. The number of nitrogens with zero attached hydrogens (tertiary/aromatic N) is 3. The molecular weight excluding hydrogens is 280 g/mol. The Morgan fingerprint density at radius 2 is 1.86 bits per heavy atom. The number of nitrogens with one attached hydrogen (secondary N) is 1. The van der Waals surface area contributed by atoms with Crippen molar-refractivity contribution >= 4 is 11.6 Å². The lowest BCUT2D eigenvalue weighted by Gasteiger charge is -2.08. The number of methoxy groups -OCH3 is 1. The molecule has 2 heterocycles. The molecule has 0 unspecified atom stereocenters. The van der Waals surface area contributed by atoms with E-state index < -0.39 is 0 Å². The van der Waals surface area contributed by atoms with Gasteiger partial charge in [-0.25, -0.2) is 9.97 Å². The number of rotatable bonds is 5. The minimum atomic E-state index is 0.453. The Bertz CT molecular complexity index is 750. The average Bonchev–Trinajstić information content (AvgIpc) is 2.56. The van der Waals surface area contributed by atoms with E-state index in [-0.39, 0.29) is 0 Å². The Morgan fingerprint density at radius 1 is 0.909 bits per heavy atom. The first-order valence-corrected chi connectivity index (χ1v) is 6.66. The summed E-state index contributed by atoms with van der Waals surface area (Å²) in [6.45, 7) is 0. The van der Waals surface area contributed by atoms with Crippen molar-refractivity contribution < 1.29 is 9.47 Å². The van der Waals surface area contributed by atoms with Crippen molar-refractivity contribution in [2.45, 2.75) is 0 Å². The minimum absolute atomic E-state index is 0.453. The van der Waals surface area contributed by atoms with Gasteiger partial charge in [0.25, 0.3) is 0 Å². The summed E-state index contributed by atoms with van der Waals surface area (Å²) in [6.07, 6.45) is 3.31. The summed E-state index contributed by atoms with van der Waals surface area (Å²) in [5.74, 6) is 2.16. The van der Waals surface area contributed by atoms with E-state index in [9.17, 15) is 0 Å². The fourth-order valence-electron chi connectivity index (χ4n) is 1.81. The van der Waals surface area contributed by atoms with Crippen molar-refractivity contribution in [3.05, 3.63) is 60.9 Å². The molecule has 0 aliphatic heterocycles. The zero-order valence-electron chi connectivity index (χ0n) is 11.9. The maximum absolute atomic E-state index is 5.68. The lowest BCUT2D eigenvalue weighted by molar-refractivity contribution is 0.397. The highest BCUT2D eigenvalue weighted by Crippen LogP contribution is 2.24. The van der Waals surface area contributed by atoms with E-state index in [0.29, 0.717) is 23.5 Å². The summed E-state index contributed by atoms with van der Waals surface area (Å²) in [7, 11) is 1.56. The maximum atomic E-state index is 5.68. The molecule has 0 fully saturated rings. The molecule has 6 nitrogen and oxygen atoms in total. The fourth-order valence-corrected chi connectivity index (χ4v) is 1.81. The van der Waals surface area contributed by atoms with Crippen LogP contribution in [-0.4, -0.2) is 22.1 Å². The van der Waals surface area contributed by atoms with Gasteiger partial charge in [-0.2, -0.15) is 4.98 Å². The van der Waals surface area contributed by atoms with E-state index in [1.165, 1.54) is 0 Å². The molecule has 22 heavy (non-hydrogen) atoms. The van der Waals surface area contributed by atoms with Crippen LogP contribution in [0.15, 0.2) is 60.9 Å². The molecule has 0 amide bonds. The van der Waals surface area contributed by atoms with Gasteiger partial charge in [0, 0.05) is 36.3 Å². The lowest BCUT2D eigenvalue weighted by atomic mass is 10.3. The highest BCUT2D eigenvalue weighted by Gasteiger charge is 2.03. The fraction of sp³-hybridized carbons (Fsp3) is 0.0625. The van der Waals surface area contributed by atoms with Crippen molar-refractivity contribution in [1.82, 2.24) is 15.0 Å². The molecular formula is C16H14N4O2. The molecule has 0 aliphatic carbocycles. The highest BCUT2D eigenvalue weighted by atomic mass is 16.5. The summed E-state index contributed by atoms with van der Waals surface area (Å²) in [5.41, 5.74) is 0.807. The number of hydrogen-bond donors (Lipinski definition) is 1. The summed E-state index contributed by atoms with van der Waals surface area (Å²) >= 11 is 0. The third-order valence-corrected chi connectivity index (χ3v) is 2.79. The second-order valence-corrected chi connectivity index (χ2v) is 4.35. The zero-order chi connectivity index (χ0) is 15.2. The Morgan fingerprint density at radius 3 is 2.68 bits per heavy atom. The van der Waals surface area contributed by atoms with Crippen LogP contribution in [0.1, 0.15) is 0 Å². The molecule has 110 valence electrons. The first-order chi connectivity index (χ1) is 10.8. The predicted molar refractivity (Wildman–Crippen MR) is 82.6 cm³/mol. The van der Waals surface area contributed by atoms with Gasteiger partial charge in [0.2, 0.25) is 17.7 Å². The molecule has 6 heteroatoms. The second-order valence-electron chi connectivity index (χ2n) is 4.35. The van der Waals surface area contributed by atoms with Crippen LogP contribution in [-0.2, 0) is 0 Å². The molecule has 0 saturated heterocycles. The quantitative estimate of drug-likeness (QED) is 0.777. The summed E-state index contributed by atoms with van der Waals surface area (Å²) in [4.78, 5) is 12.5. The van der Waals surface area contributed by atoms with Gasteiger partial charge >= 0.3 is 0 Å². The normalized spacial score (nSPS) is 10.0. The molecule has 1 aromatic carbocycles. The smallest absolute Gasteiger partial charge is 0.230 e. The van der Waals surface area contributed by atoms with Gasteiger partial charge in [-0.3, -0.25) is 0 Å². The van der Waals surface area contributed by atoms with E-state index in [4.69, 9.17) is 9.47 Å². The van der Waals surface area contributed by atoms with Crippen LogP contribution in [0.4, 0.5) is 11.6 Å². The third kappa shape index (κ3) is 3.49. The number of anilines is 2. The van der Waals surface area contributed by atoms with Crippen LogP contribution in [0.3, 0.4) is 0 Å². The number of aromatic nitrogens is 3. The minimum Gasteiger partial charge on any atom is -0.481 e. The van der Waals surface area contributed by atoms with E-state index in [1.54, 1.807) is 31.6 Å². The first kappa shape index (κ1) is 13.8. The third-order valence-electron chi connectivity index (χ3n) is 2.79. The van der Waals surface area contributed by atoms with E-state index >= 15 is 0 Å². The van der Waals surface area contributed by atoms with Gasteiger partial charge in [-0.15, -0.1) is 0 Å². The molecule has 0 atom stereocenters. The standard InChI is InChI=1S/C16H14N4O2/c1-21-15-8-10-18-16(20-15)19-12-5-4-6-13(11-12)22-14-7-2-3-9-17-14/h2-11H,1H3,(H,18,19,20). The number of hydrogen-bond acceptors (Lipinski definition) is 6. The van der Waals surface area contributed by atoms with E-state index in [2.05, 4.69) is 20.3 Å². The average molecular weight is 294 g/mol. The molecule has 3 aromatic rings. The zero-order valence-corrected chi connectivity index (χ0v) is 11.9. The van der Waals surface area contributed by atoms with Crippen LogP contribution in [0.2, 0.25) is 0 Å². The van der Waals surface area contributed by atoms with E-state index in [1.807, 2.05) is 36.4 Å². The Kier molecular flexibility index (Phi) is 4.10. The first-order valence-electron chi connectivity index (χ1n) is 6.66. The molecule has 0 spiro atoms. The van der Waals surface area contributed by atoms with Crippen LogP contribution in [0.5, 0.6) is 17.5 Å². The Labute approximate surface area is 127 Å². The Balaban J connectivity index is 1.76. The van der Waals surface area contributed by atoms with Crippen molar-refractivity contribution in [2.24, 2.45) is 0 Å². The van der Waals surface area contributed by atoms with Gasteiger partial charge < -0.3 is 14.8 Å². The van der Waals surface area contributed by atoms with Crippen LogP contribution < -0.4 is 14.8 Å². The lowest BCUT2D eigenvalue weighted by Crippen LogP contribution is -1.98. The second kappa shape index (κ2) is 6.53. The topological polar surface area (TPSA) is 69.2 Å². The summed E-state index contributed by atoms with van der Waals surface area (Å²) in [6, 6.07) is 14.7. The predicted octanol–water partition coefficient (Wildman–Crippen LogP) is 3.42. The molecule has 0 radical (unpaired) electrons. The summed E-state index contributed by atoms with van der Waals surface area (Å²) < 4.78 is 10.8. The van der Waals surface area contributed by atoms with Crippen molar-refractivity contribution in [2.75, 3.05) is 12.4 Å². The SMILES string of the molecule is COc1ccnc(Nc2cccc(Oc3ccccn3)c2)n1. The largest absolute Gasteiger partial charge is 0.481 e. The number of pyridine rings is 1. The van der Waals surface area contributed by atoms with Crippen LogP contribution in [0, 0.1) is 0 Å². The molecule has 2 aromatic heterocycles. The van der Waals surface area contributed by atoms with E-state index in [0.717, 1.165) is 5.69 Å². The van der Waals surface area contributed by atoms with Gasteiger partial charge in [0.1, 0.15) is 5.75 Å². The van der Waals surface area contributed by atoms with Crippen molar-refractivity contribution in [1.29, 1.82) is 0 Å². The van der Waals surface area contributed by atoms with Gasteiger partial charge in [0.05, 0.1) is 7.11 Å². The molecule has 3 rings (SSSR count). The van der Waals surface area contributed by atoms with Gasteiger partial charge in [-0.1, -0.05) is 12.1 Å². The summed E-state index contributed by atoms with van der Waals surface area (Å²) in [5, 5.41) is 3.10.